The van der Waals surface area contributed by atoms with Crippen LogP contribution < -0.4 is 4.74 Å². The molecule has 102 valence electrons. The average molecular weight is 258 g/mol. The second-order valence-corrected chi connectivity index (χ2v) is 5.39. The van der Waals surface area contributed by atoms with Gasteiger partial charge in [-0.15, -0.1) is 0 Å². The van der Waals surface area contributed by atoms with E-state index in [2.05, 4.69) is 34.2 Å². The fourth-order valence-corrected chi connectivity index (χ4v) is 2.63. The number of likely N-dealkylation sites (tertiary alicyclic amines) is 1. The van der Waals surface area contributed by atoms with Gasteiger partial charge >= 0.3 is 0 Å². The number of hydrogen-bond donors (Lipinski definition) is 0. The van der Waals surface area contributed by atoms with E-state index in [1.165, 1.54) is 50.2 Å². The fraction of sp³-hybridized carbons (Fsp3) is 0.562. The molecule has 0 aromatic heterocycles. The van der Waals surface area contributed by atoms with E-state index in [1.807, 2.05) is 0 Å². The van der Waals surface area contributed by atoms with Gasteiger partial charge in [-0.05, 0) is 62.2 Å². The van der Waals surface area contributed by atoms with Crippen molar-refractivity contribution in [3.8, 4) is 5.75 Å². The standard InChI is InChI=1S/C16H22N2O/c1-2-9-18(10-3-1)11-4-12-19-15-7-5-14(6-8-15)16-13-17-16/h5-8H,1-4,9-13H2. The third-order valence-corrected chi connectivity index (χ3v) is 3.84. The van der Waals surface area contributed by atoms with E-state index in [4.69, 9.17) is 4.74 Å². The minimum absolute atomic E-state index is 0.816. The molecule has 0 N–H and O–H groups in total. The molecule has 3 rings (SSSR count). The summed E-state index contributed by atoms with van der Waals surface area (Å²) in [5.41, 5.74) is 2.46. The lowest BCUT2D eigenvalue weighted by molar-refractivity contribution is 0.205. The highest BCUT2D eigenvalue weighted by Crippen LogP contribution is 2.17. The second-order valence-electron chi connectivity index (χ2n) is 5.39. The molecule has 1 aromatic carbocycles. The van der Waals surface area contributed by atoms with Crippen LogP contribution >= 0.6 is 0 Å². The van der Waals surface area contributed by atoms with Gasteiger partial charge in [-0.25, -0.2) is 0 Å². The summed E-state index contributed by atoms with van der Waals surface area (Å²) in [4.78, 5) is 6.76. The Morgan fingerprint density at radius 2 is 1.79 bits per heavy atom. The van der Waals surface area contributed by atoms with Crippen LogP contribution in [-0.2, 0) is 0 Å². The van der Waals surface area contributed by atoms with Crippen LogP contribution in [0.2, 0.25) is 0 Å². The number of ether oxygens (including phenoxy) is 1. The zero-order chi connectivity index (χ0) is 12.9. The summed E-state index contributed by atoms with van der Waals surface area (Å²) in [6, 6.07) is 8.31. The van der Waals surface area contributed by atoms with Crippen LogP contribution in [0.25, 0.3) is 0 Å². The van der Waals surface area contributed by atoms with Crippen LogP contribution in [0.1, 0.15) is 31.2 Å². The van der Waals surface area contributed by atoms with Gasteiger partial charge < -0.3 is 9.64 Å². The minimum Gasteiger partial charge on any atom is -0.494 e. The summed E-state index contributed by atoms with van der Waals surface area (Å²) in [5.74, 6) is 0.976. The lowest BCUT2D eigenvalue weighted by atomic mass is 10.1. The number of hydrogen-bond acceptors (Lipinski definition) is 3. The van der Waals surface area contributed by atoms with Gasteiger partial charge in [0, 0.05) is 6.54 Å². The molecule has 2 aliphatic heterocycles. The summed E-state index contributed by atoms with van der Waals surface area (Å²) < 4.78 is 5.79. The van der Waals surface area contributed by atoms with Crippen molar-refractivity contribution in [1.82, 2.24) is 4.90 Å². The molecule has 0 saturated carbocycles. The third-order valence-electron chi connectivity index (χ3n) is 3.84. The number of nitrogens with zero attached hydrogens (tertiary/aromatic N) is 2. The maximum Gasteiger partial charge on any atom is 0.119 e. The quantitative estimate of drug-likeness (QED) is 0.733. The summed E-state index contributed by atoms with van der Waals surface area (Å²) in [6.45, 7) is 5.45. The van der Waals surface area contributed by atoms with E-state index in [1.54, 1.807) is 0 Å². The van der Waals surface area contributed by atoms with Gasteiger partial charge in [0.05, 0.1) is 18.9 Å². The summed E-state index contributed by atoms with van der Waals surface area (Å²) in [7, 11) is 0. The van der Waals surface area contributed by atoms with Gasteiger partial charge in [-0.1, -0.05) is 6.42 Å². The summed E-state index contributed by atoms with van der Waals surface area (Å²) in [5, 5.41) is 0. The van der Waals surface area contributed by atoms with E-state index >= 15 is 0 Å². The Bertz CT molecular complexity index is 433. The van der Waals surface area contributed by atoms with Crippen LogP contribution in [0.5, 0.6) is 5.75 Å². The molecule has 1 saturated heterocycles. The van der Waals surface area contributed by atoms with Gasteiger partial charge in [-0.3, -0.25) is 4.99 Å². The number of piperidine rings is 1. The van der Waals surface area contributed by atoms with Gasteiger partial charge in [0.25, 0.3) is 0 Å². The average Bonchev–Trinajstić information content (AvgIpc) is 3.30. The highest BCUT2D eigenvalue weighted by atomic mass is 16.5. The van der Waals surface area contributed by atoms with Gasteiger partial charge in [0.15, 0.2) is 0 Å². The van der Waals surface area contributed by atoms with E-state index < -0.39 is 0 Å². The normalized spacial score (nSPS) is 19.1. The Morgan fingerprint density at radius 3 is 2.47 bits per heavy atom. The number of rotatable bonds is 6. The maximum atomic E-state index is 5.79. The molecule has 0 spiro atoms. The molecule has 2 heterocycles. The first-order valence-electron chi connectivity index (χ1n) is 7.41. The van der Waals surface area contributed by atoms with Gasteiger partial charge in [-0.2, -0.15) is 0 Å². The fourth-order valence-electron chi connectivity index (χ4n) is 2.63. The second kappa shape index (κ2) is 6.20. The lowest BCUT2D eigenvalue weighted by Gasteiger charge is -2.26. The molecule has 0 unspecified atom stereocenters. The molecular weight excluding hydrogens is 236 g/mol. The minimum atomic E-state index is 0.816. The Labute approximate surface area is 115 Å². The molecule has 2 aliphatic rings. The van der Waals surface area contributed by atoms with Crippen LogP contribution in [-0.4, -0.2) is 43.4 Å². The van der Waals surface area contributed by atoms with Crippen LogP contribution in [0, 0.1) is 0 Å². The monoisotopic (exact) mass is 258 g/mol. The van der Waals surface area contributed by atoms with Crippen LogP contribution in [0.4, 0.5) is 0 Å². The molecule has 1 aromatic rings. The lowest BCUT2D eigenvalue weighted by Crippen LogP contribution is -2.31. The molecule has 1 fully saturated rings. The van der Waals surface area contributed by atoms with Crippen LogP contribution in [0.15, 0.2) is 29.3 Å². The van der Waals surface area contributed by atoms with Crippen molar-refractivity contribution in [1.29, 1.82) is 0 Å². The van der Waals surface area contributed by atoms with E-state index in [9.17, 15) is 0 Å². The molecule has 0 aliphatic carbocycles. The van der Waals surface area contributed by atoms with Crippen molar-refractivity contribution in [3.63, 3.8) is 0 Å². The Kier molecular flexibility index (Phi) is 4.13. The molecule has 3 nitrogen and oxygen atoms in total. The number of aliphatic imine (C=N–C) groups is 1. The molecule has 19 heavy (non-hydrogen) atoms. The first-order chi connectivity index (χ1) is 9.42. The zero-order valence-electron chi connectivity index (χ0n) is 11.5. The Balaban J connectivity index is 1.36. The largest absolute Gasteiger partial charge is 0.494 e. The summed E-state index contributed by atoms with van der Waals surface area (Å²) in [6.07, 6.45) is 5.26. The van der Waals surface area contributed by atoms with E-state index in [-0.39, 0.29) is 0 Å². The zero-order valence-corrected chi connectivity index (χ0v) is 11.5. The summed E-state index contributed by atoms with van der Waals surface area (Å²) >= 11 is 0. The van der Waals surface area contributed by atoms with Crippen molar-refractivity contribution >= 4 is 5.71 Å². The van der Waals surface area contributed by atoms with E-state index in [0.29, 0.717) is 0 Å². The number of benzene rings is 1. The molecule has 0 amide bonds. The molecule has 0 radical (unpaired) electrons. The topological polar surface area (TPSA) is 24.8 Å². The predicted octanol–water partition coefficient (Wildman–Crippen LogP) is 2.74. The Morgan fingerprint density at radius 1 is 1.05 bits per heavy atom. The molecule has 3 heteroatoms. The van der Waals surface area contributed by atoms with Gasteiger partial charge in [0.1, 0.15) is 5.75 Å². The first kappa shape index (κ1) is 12.7. The highest BCUT2D eigenvalue weighted by Gasteiger charge is 2.12. The SMILES string of the molecule is c1cc(C2=NC2)ccc1OCCCN1CCCCC1. The molecule has 0 bridgehead atoms. The van der Waals surface area contributed by atoms with Gasteiger partial charge in [0.2, 0.25) is 0 Å². The first-order valence-corrected chi connectivity index (χ1v) is 7.41. The van der Waals surface area contributed by atoms with Crippen molar-refractivity contribution < 1.29 is 4.74 Å². The predicted molar refractivity (Wildman–Crippen MR) is 78.2 cm³/mol. The van der Waals surface area contributed by atoms with Crippen molar-refractivity contribution in [2.75, 3.05) is 32.8 Å². The molecule has 0 atom stereocenters. The third kappa shape index (κ3) is 3.80. The van der Waals surface area contributed by atoms with Crippen molar-refractivity contribution in [2.24, 2.45) is 4.99 Å². The maximum absolute atomic E-state index is 5.79. The smallest absolute Gasteiger partial charge is 0.119 e. The van der Waals surface area contributed by atoms with Crippen LogP contribution in [0.3, 0.4) is 0 Å². The highest BCUT2D eigenvalue weighted by molar-refractivity contribution is 6.10. The van der Waals surface area contributed by atoms with Crippen molar-refractivity contribution in [2.45, 2.75) is 25.7 Å². The van der Waals surface area contributed by atoms with Crippen molar-refractivity contribution in [3.05, 3.63) is 29.8 Å². The van der Waals surface area contributed by atoms with E-state index in [0.717, 1.165) is 25.3 Å². The Hall–Kier alpha value is -1.35. The molecular formula is C16H22N2O.